The van der Waals surface area contributed by atoms with E-state index in [0.29, 0.717) is 11.8 Å². The fourth-order valence-corrected chi connectivity index (χ4v) is 4.12. The second kappa shape index (κ2) is 6.46. The maximum absolute atomic E-state index is 12.5. The summed E-state index contributed by atoms with van der Waals surface area (Å²) in [5.41, 5.74) is 1.54. The molecule has 25 heavy (non-hydrogen) atoms. The van der Waals surface area contributed by atoms with Crippen molar-refractivity contribution < 1.29 is 9.53 Å². The summed E-state index contributed by atoms with van der Waals surface area (Å²) in [6, 6.07) is 2.22. The van der Waals surface area contributed by atoms with Gasteiger partial charge in [0.1, 0.15) is 5.60 Å². The zero-order valence-electron chi connectivity index (χ0n) is 16.2. The van der Waals surface area contributed by atoms with Crippen molar-refractivity contribution >= 4 is 12.0 Å². The van der Waals surface area contributed by atoms with E-state index in [9.17, 15) is 4.79 Å². The Labute approximate surface area is 150 Å². The number of hydrogen-bond acceptors (Lipinski definition) is 5. The van der Waals surface area contributed by atoms with E-state index in [-0.39, 0.29) is 12.1 Å². The molecule has 0 aliphatic carbocycles. The third kappa shape index (κ3) is 3.88. The molecule has 0 aromatic carbocycles. The number of fused-ring (bicyclic) bond motifs is 1. The molecule has 0 unspecified atom stereocenters. The van der Waals surface area contributed by atoms with Crippen molar-refractivity contribution in [3.8, 4) is 0 Å². The van der Waals surface area contributed by atoms with E-state index in [1.165, 1.54) is 0 Å². The largest absolute Gasteiger partial charge is 0.444 e. The Morgan fingerprint density at radius 2 is 1.84 bits per heavy atom. The highest BCUT2D eigenvalue weighted by Gasteiger charge is 2.45. The fourth-order valence-electron chi connectivity index (χ4n) is 4.12. The lowest BCUT2D eigenvalue weighted by molar-refractivity contribution is 0.0221. The monoisotopic (exact) mass is 346 g/mol. The molecule has 2 aliphatic rings. The first kappa shape index (κ1) is 18.0. The number of aromatic nitrogens is 2. The minimum atomic E-state index is -0.455. The van der Waals surface area contributed by atoms with Gasteiger partial charge in [0.2, 0.25) is 5.95 Å². The summed E-state index contributed by atoms with van der Waals surface area (Å²) in [6.07, 6.45) is 0.866. The lowest BCUT2D eigenvalue weighted by atomic mass is 9.85. The summed E-state index contributed by atoms with van der Waals surface area (Å²) in [4.78, 5) is 25.9. The van der Waals surface area contributed by atoms with Crippen LogP contribution in [0.4, 0.5) is 10.7 Å². The maximum atomic E-state index is 12.5. The summed E-state index contributed by atoms with van der Waals surface area (Å²) < 4.78 is 5.59. The molecule has 6 nitrogen and oxygen atoms in total. The minimum Gasteiger partial charge on any atom is -0.444 e. The van der Waals surface area contributed by atoms with E-state index in [4.69, 9.17) is 4.74 Å². The topological polar surface area (TPSA) is 58.6 Å². The van der Waals surface area contributed by atoms with Gasteiger partial charge < -0.3 is 14.5 Å². The van der Waals surface area contributed by atoms with Gasteiger partial charge in [0.05, 0.1) is 0 Å². The highest BCUT2D eigenvalue weighted by molar-refractivity contribution is 5.69. The van der Waals surface area contributed by atoms with Crippen LogP contribution in [0.1, 0.15) is 45.5 Å². The van der Waals surface area contributed by atoms with Gasteiger partial charge in [-0.25, -0.2) is 14.8 Å². The van der Waals surface area contributed by atoms with E-state index in [1.54, 1.807) is 0 Å². The van der Waals surface area contributed by atoms with Crippen molar-refractivity contribution in [3.63, 3.8) is 0 Å². The number of amides is 1. The van der Waals surface area contributed by atoms with E-state index in [1.807, 2.05) is 45.6 Å². The molecule has 1 aromatic rings. The molecule has 1 amide bonds. The first-order chi connectivity index (χ1) is 11.6. The van der Waals surface area contributed by atoms with Crippen LogP contribution in [0, 0.1) is 25.7 Å². The molecule has 3 rings (SSSR count). The number of carbonyl (C=O) groups is 1. The number of anilines is 1. The Balaban J connectivity index is 1.71. The van der Waals surface area contributed by atoms with Gasteiger partial charge in [0, 0.05) is 37.1 Å². The average Bonchev–Trinajstić information content (AvgIpc) is 2.81. The predicted octanol–water partition coefficient (Wildman–Crippen LogP) is 3.18. The lowest BCUT2D eigenvalue weighted by Gasteiger charge is -2.35. The second-order valence-electron chi connectivity index (χ2n) is 8.48. The summed E-state index contributed by atoms with van der Waals surface area (Å²) >= 11 is 0. The number of ether oxygens (including phenoxy) is 1. The van der Waals surface area contributed by atoms with Gasteiger partial charge in [-0.3, -0.25) is 0 Å². The van der Waals surface area contributed by atoms with Crippen molar-refractivity contribution in [1.82, 2.24) is 14.9 Å². The van der Waals surface area contributed by atoms with Crippen LogP contribution in [0.3, 0.4) is 0 Å². The standard InChI is InChI=1S/C19H30N4O2/c1-12-9-13(2)21-17(20-12)22-8-7-16-14(3)23(11-15(16)10-22)18(24)25-19(4,5)6/h9,14-16H,7-8,10-11H2,1-6H3/t14-,15+,16-/m1/s1. The number of likely N-dealkylation sites (tertiary alicyclic amines) is 1. The summed E-state index contributed by atoms with van der Waals surface area (Å²) in [7, 11) is 0. The van der Waals surface area contributed by atoms with Gasteiger partial charge in [0.25, 0.3) is 0 Å². The molecule has 0 N–H and O–H groups in total. The first-order valence-electron chi connectivity index (χ1n) is 9.21. The van der Waals surface area contributed by atoms with Gasteiger partial charge in [-0.05, 0) is 65.9 Å². The molecule has 1 aromatic heterocycles. The Morgan fingerprint density at radius 1 is 1.20 bits per heavy atom. The summed E-state index contributed by atoms with van der Waals surface area (Å²) in [5.74, 6) is 1.79. The number of hydrogen-bond donors (Lipinski definition) is 0. The van der Waals surface area contributed by atoms with Crippen molar-refractivity contribution in [3.05, 3.63) is 17.5 Å². The minimum absolute atomic E-state index is 0.191. The molecule has 138 valence electrons. The van der Waals surface area contributed by atoms with Crippen LogP contribution >= 0.6 is 0 Å². The molecular formula is C19H30N4O2. The van der Waals surface area contributed by atoms with Crippen LogP contribution in [-0.2, 0) is 4.74 Å². The third-order valence-electron chi connectivity index (χ3n) is 5.22. The second-order valence-corrected chi connectivity index (χ2v) is 8.48. The Hall–Kier alpha value is -1.85. The molecule has 2 aliphatic heterocycles. The highest BCUT2D eigenvalue weighted by atomic mass is 16.6. The maximum Gasteiger partial charge on any atom is 0.410 e. The van der Waals surface area contributed by atoms with Gasteiger partial charge in [0.15, 0.2) is 0 Å². The molecule has 0 spiro atoms. The molecule has 0 saturated carbocycles. The van der Waals surface area contributed by atoms with Crippen LogP contribution in [0.2, 0.25) is 0 Å². The summed E-state index contributed by atoms with van der Waals surface area (Å²) in [5, 5.41) is 0. The lowest BCUT2D eigenvalue weighted by Crippen LogP contribution is -2.42. The molecule has 2 fully saturated rings. The highest BCUT2D eigenvalue weighted by Crippen LogP contribution is 2.37. The number of rotatable bonds is 1. The van der Waals surface area contributed by atoms with E-state index in [2.05, 4.69) is 21.8 Å². The Kier molecular flexibility index (Phi) is 4.64. The molecule has 2 saturated heterocycles. The Morgan fingerprint density at radius 3 is 2.44 bits per heavy atom. The van der Waals surface area contributed by atoms with Crippen LogP contribution in [0.5, 0.6) is 0 Å². The molecule has 0 bridgehead atoms. The van der Waals surface area contributed by atoms with Crippen LogP contribution in [0.15, 0.2) is 6.07 Å². The number of piperidine rings is 1. The van der Waals surface area contributed by atoms with Gasteiger partial charge in [-0.1, -0.05) is 0 Å². The zero-order valence-corrected chi connectivity index (χ0v) is 16.2. The van der Waals surface area contributed by atoms with Crippen LogP contribution < -0.4 is 4.90 Å². The van der Waals surface area contributed by atoms with Crippen LogP contribution in [0.25, 0.3) is 0 Å². The average molecular weight is 346 g/mol. The predicted molar refractivity (Wildman–Crippen MR) is 97.7 cm³/mol. The van der Waals surface area contributed by atoms with E-state index in [0.717, 1.165) is 43.4 Å². The Bertz CT molecular complexity index is 635. The SMILES string of the molecule is Cc1cc(C)nc(N2CC[C@H]3[C@@H](C2)CN(C(=O)OC(C)(C)C)[C@@H]3C)n1. The molecule has 3 heterocycles. The van der Waals surface area contributed by atoms with Crippen molar-refractivity contribution in [2.75, 3.05) is 24.5 Å². The number of nitrogens with zero attached hydrogens (tertiary/aromatic N) is 4. The zero-order chi connectivity index (χ0) is 18.4. The van der Waals surface area contributed by atoms with Gasteiger partial charge in [-0.15, -0.1) is 0 Å². The number of aryl methyl sites for hydroxylation is 2. The molecular weight excluding hydrogens is 316 g/mol. The molecule has 6 heteroatoms. The van der Waals surface area contributed by atoms with Gasteiger partial charge in [-0.2, -0.15) is 0 Å². The van der Waals surface area contributed by atoms with Crippen molar-refractivity contribution in [2.24, 2.45) is 11.8 Å². The van der Waals surface area contributed by atoms with Gasteiger partial charge >= 0.3 is 6.09 Å². The third-order valence-corrected chi connectivity index (χ3v) is 5.22. The summed E-state index contributed by atoms with van der Waals surface area (Å²) in [6.45, 7) is 14.5. The van der Waals surface area contributed by atoms with E-state index < -0.39 is 5.60 Å². The molecule has 3 atom stereocenters. The quantitative estimate of drug-likeness (QED) is 0.782. The smallest absolute Gasteiger partial charge is 0.410 e. The van der Waals surface area contributed by atoms with Crippen molar-refractivity contribution in [1.29, 1.82) is 0 Å². The normalized spacial score (nSPS) is 26.6. The van der Waals surface area contributed by atoms with Crippen LogP contribution in [-0.4, -0.2) is 52.2 Å². The number of carbonyl (C=O) groups excluding carboxylic acids is 1. The first-order valence-corrected chi connectivity index (χ1v) is 9.21. The fraction of sp³-hybridized carbons (Fsp3) is 0.737. The van der Waals surface area contributed by atoms with E-state index >= 15 is 0 Å². The molecule has 0 radical (unpaired) electrons. The van der Waals surface area contributed by atoms with Crippen molar-refractivity contribution in [2.45, 2.75) is 59.6 Å².